The molecule has 2 aromatic carbocycles. The van der Waals surface area contributed by atoms with Crippen molar-refractivity contribution in [1.29, 1.82) is 0 Å². The predicted molar refractivity (Wildman–Crippen MR) is 135 cm³/mol. The quantitative estimate of drug-likeness (QED) is 0.368. The van der Waals surface area contributed by atoms with E-state index in [9.17, 15) is 4.79 Å². The van der Waals surface area contributed by atoms with Crippen LogP contribution in [-0.2, 0) is 10.5 Å². The number of carbonyl (C=O) groups is 1. The fraction of sp³-hybridized carbons (Fsp3) is 0.320. The van der Waals surface area contributed by atoms with Gasteiger partial charge in [0.05, 0.1) is 13.2 Å². The highest BCUT2D eigenvalue weighted by atomic mass is 35.5. The van der Waals surface area contributed by atoms with E-state index in [1.165, 1.54) is 11.8 Å². The van der Waals surface area contributed by atoms with Gasteiger partial charge in [-0.15, -0.1) is 5.10 Å². The molecule has 1 aliphatic rings. The van der Waals surface area contributed by atoms with Crippen LogP contribution in [0.15, 0.2) is 58.9 Å². The number of allylic oxidation sites excluding steroid dienone is 2. The van der Waals surface area contributed by atoms with Crippen molar-refractivity contribution in [3.63, 3.8) is 0 Å². The van der Waals surface area contributed by atoms with Crippen LogP contribution in [0.1, 0.15) is 44.9 Å². The molecule has 1 aromatic heterocycles. The molecule has 0 radical (unpaired) electrons. The maximum absolute atomic E-state index is 12.7. The Bertz CT molecular complexity index is 1240. The monoisotopic (exact) mass is 498 g/mol. The number of rotatable bonds is 9. The summed E-state index contributed by atoms with van der Waals surface area (Å²) in [6.07, 6.45) is 0. The van der Waals surface area contributed by atoms with Crippen LogP contribution < -0.4 is 14.8 Å². The molecule has 0 saturated heterocycles. The van der Waals surface area contributed by atoms with Gasteiger partial charge in [-0.2, -0.15) is 4.98 Å². The van der Waals surface area contributed by atoms with Gasteiger partial charge in [0.2, 0.25) is 11.1 Å². The zero-order chi connectivity index (χ0) is 24.2. The Balaban J connectivity index is 1.72. The summed E-state index contributed by atoms with van der Waals surface area (Å²) in [5, 5.41) is 9.31. The molecule has 0 fully saturated rings. The summed E-state index contributed by atoms with van der Waals surface area (Å²) in [5.74, 6) is 2.49. The number of benzene rings is 2. The molecular formula is C25H27ClN4O3S. The van der Waals surface area contributed by atoms with Crippen molar-refractivity contribution in [2.75, 3.05) is 18.5 Å². The van der Waals surface area contributed by atoms with E-state index in [2.05, 4.69) is 10.3 Å². The van der Waals surface area contributed by atoms with Crippen LogP contribution in [0.5, 0.6) is 11.5 Å². The van der Waals surface area contributed by atoms with E-state index in [4.69, 9.17) is 26.2 Å². The number of thioether (sulfide) groups is 1. The van der Waals surface area contributed by atoms with Gasteiger partial charge < -0.3 is 14.8 Å². The highest BCUT2D eigenvalue weighted by molar-refractivity contribution is 7.98. The minimum absolute atomic E-state index is 0.0340. The first-order valence-electron chi connectivity index (χ1n) is 11.1. The Morgan fingerprint density at radius 3 is 2.59 bits per heavy atom. The molecule has 34 heavy (non-hydrogen) atoms. The lowest BCUT2D eigenvalue weighted by Gasteiger charge is -2.28. The van der Waals surface area contributed by atoms with E-state index in [0.29, 0.717) is 52.2 Å². The number of ketones is 1. The number of aromatic nitrogens is 3. The Morgan fingerprint density at radius 2 is 1.88 bits per heavy atom. The van der Waals surface area contributed by atoms with Gasteiger partial charge in [-0.3, -0.25) is 4.79 Å². The summed E-state index contributed by atoms with van der Waals surface area (Å²) in [5.41, 5.74) is 3.27. The van der Waals surface area contributed by atoms with Gasteiger partial charge in [0.15, 0.2) is 17.3 Å². The van der Waals surface area contributed by atoms with Crippen molar-refractivity contribution in [2.45, 2.75) is 44.6 Å². The van der Waals surface area contributed by atoms with Crippen molar-refractivity contribution in [3.8, 4) is 11.5 Å². The fourth-order valence-corrected chi connectivity index (χ4v) is 5.07. The number of fused-ring (bicyclic) bond motifs is 1. The van der Waals surface area contributed by atoms with E-state index in [0.717, 1.165) is 16.8 Å². The zero-order valence-corrected chi connectivity index (χ0v) is 21.2. The number of nitrogens with zero attached hydrogens (tertiary/aromatic N) is 3. The van der Waals surface area contributed by atoms with Crippen molar-refractivity contribution in [3.05, 3.63) is 69.9 Å². The van der Waals surface area contributed by atoms with Crippen LogP contribution >= 0.6 is 23.4 Å². The standard InChI is InChI=1S/C25H27ClN4O3S/c1-5-32-20-12-11-17(13-21(20)33-6-2)23-22(16(4)31)15(3)27-24-28-25(29-30(23)24)34-14-18-9-7-8-10-19(18)26/h7-13,23H,5-6,14H2,1-4H3,(H,27,28,29). The lowest BCUT2D eigenvalue weighted by atomic mass is 9.93. The Labute approximate surface area is 208 Å². The second kappa shape index (κ2) is 10.5. The number of nitrogens with one attached hydrogen (secondary N) is 1. The van der Waals surface area contributed by atoms with E-state index in [1.807, 2.05) is 63.2 Å². The maximum atomic E-state index is 12.7. The normalized spacial score (nSPS) is 15.0. The van der Waals surface area contributed by atoms with Crippen LogP contribution in [0.4, 0.5) is 5.95 Å². The molecular weight excluding hydrogens is 472 g/mol. The van der Waals surface area contributed by atoms with Crippen molar-refractivity contribution < 1.29 is 14.3 Å². The minimum atomic E-state index is -0.439. The average Bonchev–Trinajstić information content (AvgIpc) is 3.21. The van der Waals surface area contributed by atoms with Gasteiger partial charge >= 0.3 is 0 Å². The zero-order valence-electron chi connectivity index (χ0n) is 19.6. The number of ether oxygens (including phenoxy) is 2. The average molecular weight is 499 g/mol. The van der Waals surface area contributed by atoms with Crippen molar-refractivity contribution in [2.24, 2.45) is 0 Å². The molecule has 2 heterocycles. The number of halogens is 1. The molecule has 1 aliphatic heterocycles. The molecule has 178 valence electrons. The molecule has 0 amide bonds. The van der Waals surface area contributed by atoms with Crippen molar-refractivity contribution in [1.82, 2.24) is 14.8 Å². The van der Waals surface area contributed by atoms with E-state index < -0.39 is 6.04 Å². The third-order valence-electron chi connectivity index (χ3n) is 5.41. The fourth-order valence-electron chi connectivity index (χ4n) is 3.95. The molecule has 4 rings (SSSR count). The predicted octanol–water partition coefficient (Wildman–Crippen LogP) is 5.90. The van der Waals surface area contributed by atoms with Crippen LogP contribution in [0.2, 0.25) is 5.02 Å². The first-order chi connectivity index (χ1) is 16.4. The number of carbonyl (C=O) groups excluding carboxylic acids is 1. The Kier molecular flexibility index (Phi) is 7.48. The van der Waals surface area contributed by atoms with Gasteiger partial charge in [0, 0.05) is 22.0 Å². The van der Waals surface area contributed by atoms with Crippen LogP contribution in [0, 0.1) is 0 Å². The highest BCUT2D eigenvalue weighted by Crippen LogP contribution is 2.40. The van der Waals surface area contributed by atoms with E-state index in [-0.39, 0.29) is 5.78 Å². The van der Waals surface area contributed by atoms with Crippen molar-refractivity contribution >= 4 is 35.1 Å². The second-order valence-corrected chi connectivity index (χ2v) is 9.09. The minimum Gasteiger partial charge on any atom is -0.490 e. The summed E-state index contributed by atoms with van der Waals surface area (Å²) < 4.78 is 13.3. The van der Waals surface area contributed by atoms with Gasteiger partial charge in [0.25, 0.3) is 0 Å². The van der Waals surface area contributed by atoms with Gasteiger partial charge in [-0.1, -0.05) is 47.6 Å². The summed E-state index contributed by atoms with van der Waals surface area (Å²) >= 11 is 7.80. The molecule has 0 saturated carbocycles. The Morgan fingerprint density at radius 1 is 1.15 bits per heavy atom. The number of hydrogen-bond acceptors (Lipinski definition) is 7. The second-order valence-electron chi connectivity index (χ2n) is 7.74. The number of anilines is 1. The first-order valence-corrected chi connectivity index (χ1v) is 12.5. The Hall–Kier alpha value is -2.97. The SMILES string of the molecule is CCOc1ccc(C2C(C(C)=O)=C(C)Nc3nc(SCc4ccccc4Cl)nn32)cc1OCC. The number of Topliss-reactive ketones (excluding diaryl/α,β-unsaturated/α-hetero) is 1. The third-order valence-corrected chi connectivity index (χ3v) is 6.67. The molecule has 0 aliphatic carbocycles. The highest BCUT2D eigenvalue weighted by Gasteiger charge is 2.33. The largest absolute Gasteiger partial charge is 0.490 e. The van der Waals surface area contributed by atoms with E-state index in [1.54, 1.807) is 11.6 Å². The van der Waals surface area contributed by atoms with Gasteiger partial charge in [0.1, 0.15) is 6.04 Å². The third kappa shape index (κ3) is 4.93. The molecule has 0 bridgehead atoms. The molecule has 7 nitrogen and oxygen atoms in total. The number of hydrogen-bond donors (Lipinski definition) is 1. The summed E-state index contributed by atoms with van der Waals surface area (Å²) in [4.78, 5) is 17.4. The molecule has 9 heteroatoms. The van der Waals surface area contributed by atoms with Crippen LogP contribution in [-0.4, -0.2) is 33.8 Å². The van der Waals surface area contributed by atoms with Crippen LogP contribution in [0.25, 0.3) is 0 Å². The van der Waals surface area contributed by atoms with Gasteiger partial charge in [-0.05, 0) is 57.0 Å². The molecule has 0 spiro atoms. The molecule has 1 atom stereocenters. The van der Waals surface area contributed by atoms with E-state index >= 15 is 0 Å². The summed E-state index contributed by atoms with van der Waals surface area (Å²) in [7, 11) is 0. The lowest BCUT2D eigenvalue weighted by Crippen LogP contribution is -2.27. The smallest absolute Gasteiger partial charge is 0.227 e. The van der Waals surface area contributed by atoms with Gasteiger partial charge in [-0.25, -0.2) is 4.68 Å². The topological polar surface area (TPSA) is 78.3 Å². The first kappa shape index (κ1) is 24.2. The molecule has 1 N–H and O–H groups in total. The molecule has 3 aromatic rings. The molecule has 1 unspecified atom stereocenters. The van der Waals surface area contributed by atoms with Crippen LogP contribution in [0.3, 0.4) is 0 Å². The summed E-state index contributed by atoms with van der Waals surface area (Å²) in [6.45, 7) is 8.35. The maximum Gasteiger partial charge on any atom is 0.227 e. The summed E-state index contributed by atoms with van der Waals surface area (Å²) in [6, 6.07) is 13.0. The lowest BCUT2D eigenvalue weighted by molar-refractivity contribution is -0.114.